The largest absolute Gasteiger partial charge is 0.383 e. The van der Waals surface area contributed by atoms with Gasteiger partial charge in [0.05, 0.1) is 6.61 Å². The molecule has 0 aliphatic carbocycles. The van der Waals surface area contributed by atoms with Crippen LogP contribution in [0.15, 0.2) is 12.1 Å². The lowest BCUT2D eigenvalue weighted by Gasteiger charge is -2.22. The fourth-order valence-electron chi connectivity index (χ4n) is 2.03. The maximum atomic E-state index is 5.15. The van der Waals surface area contributed by atoms with Crippen molar-refractivity contribution in [2.45, 2.75) is 33.7 Å². The molecule has 0 aromatic carbocycles. The van der Waals surface area contributed by atoms with Crippen LogP contribution in [0.25, 0.3) is 0 Å². The second-order valence-corrected chi connectivity index (χ2v) is 4.72. The average Bonchev–Trinajstić information content (AvgIpc) is 2.39. The molecular weight excluding hydrogens is 238 g/mol. The molecule has 0 saturated carbocycles. The third-order valence-corrected chi connectivity index (χ3v) is 3.03. The maximum Gasteiger partial charge on any atom is 0.129 e. The van der Waals surface area contributed by atoms with Gasteiger partial charge < -0.3 is 15.0 Å². The number of likely N-dealkylation sites (N-methyl/N-ethyl adjacent to an activating group) is 1. The van der Waals surface area contributed by atoms with Crippen molar-refractivity contribution in [1.29, 1.82) is 0 Å². The monoisotopic (exact) mass is 265 g/mol. The van der Waals surface area contributed by atoms with Crippen molar-refractivity contribution in [3.05, 3.63) is 23.4 Å². The summed E-state index contributed by atoms with van der Waals surface area (Å²) in [5, 5.41) is 3.43. The highest BCUT2D eigenvalue weighted by Crippen LogP contribution is 2.15. The van der Waals surface area contributed by atoms with E-state index in [0.29, 0.717) is 0 Å². The third kappa shape index (κ3) is 5.57. The summed E-state index contributed by atoms with van der Waals surface area (Å²) in [4.78, 5) is 6.88. The SMILES string of the molecule is CCCNCc1cc(C)nc(N(CC)CCOC)c1. The highest BCUT2D eigenvalue weighted by atomic mass is 16.5. The standard InChI is InChI=1S/C15H27N3O/c1-5-7-16-12-14-10-13(3)17-15(11-14)18(6-2)8-9-19-4/h10-11,16H,5-9,12H2,1-4H3. The molecule has 19 heavy (non-hydrogen) atoms. The number of rotatable bonds is 9. The minimum Gasteiger partial charge on any atom is -0.383 e. The molecule has 0 aliphatic heterocycles. The Labute approximate surface area is 117 Å². The van der Waals surface area contributed by atoms with Crippen LogP contribution in [0.1, 0.15) is 31.5 Å². The van der Waals surface area contributed by atoms with Gasteiger partial charge in [-0.05, 0) is 44.5 Å². The van der Waals surface area contributed by atoms with Gasteiger partial charge in [0.1, 0.15) is 5.82 Å². The number of ether oxygens (including phenoxy) is 1. The van der Waals surface area contributed by atoms with Gasteiger partial charge in [-0.15, -0.1) is 0 Å². The normalized spacial score (nSPS) is 10.7. The minimum absolute atomic E-state index is 0.729. The summed E-state index contributed by atoms with van der Waals surface area (Å²) in [6, 6.07) is 4.32. The number of hydrogen-bond donors (Lipinski definition) is 1. The van der Waals surface area contributed by atoms with Gasteiger partial charge in [0.15, 0.2) is 0 Å². The Bertz CT molecular complexity index is 368. The summed E-state index contributed by atoms with van der Waals surface area (Å²) >= 11 is 0. The molecule has 1 aromatic rings. The van der Waals surface area contributed by atoms with Crippen molar-refractivity contribution < 1.29 is 4.74 Å². The Kier molecular flexibility index (Phi) is 7.45. The number of nitrogens with zero attached hydrogens (tertiary/aromatic N) is 2. The molecular formula is C15H27N3O. The highest BCUT2D eigenvalue weighted by molar-refractivity contribution is 5.42. The van der Waals surface area contributed by atoms with Crippen LogP contribution in [-0.2, 0) is 11.3 Å². The van der Waals surface area contributed by atoms with Crippen LogP contribution in [0.2, 0.25) is 0 Å². The van der Waals surface area contributed by atoms with Crippen LogP contribution in [0.4, 0.5) is 5.82 Å². The number of nitrogens with one attached hydrogen (secondary N) is 1. The van der Waals surface area contributed by atoms with Crippen LogP contribution in [0.3, 0.4) is 0 Å². The Morgan fingerprint density at radius 1 is 1.32 bits per heavy atom. The van der Waals surface area contributed by atoms with Crippen LogP contribution >= 0.6 is 0 Å². The van der Waals surface area contributed by atoms with E-state index in [1.165, 1.54) is 5.56 Å². The predicted molar refractivity (Wildman–Crippen MR) is 80.7 cm³/mol. The lowest BCUT2D eigenvalue weighted by Crippen LogP contribution is -2.28. The van der Waals surface area contributed by atoms with E-state index < -0.39 is 0 Å². The highest BCUT2D eigenvalue weighted by Gasteiger charge is 2.07. The van der Waals surface area contributed by atoms with Crippen LogP contribution in [0.5, 0.6) is 0 Å². The lowest BCUT2D eigenvalue weighted by molar-refractivity contribution is 0.205. The predicted octanol–water partition coefficient (Wildman–Crippen LogP) is 2.36. The molecule has 4 nitrogen and oxygen atoms in total. The van der Waals surface area contributed by atoms with E-state index in [-0.39, 0.29) is 0 Å². The van der Waals surface area contributed by atoms with Crippen molar-refractivity contribution in [3.63, 3.8) is 0 Å². The van der Waals surface area contributed by atoms with Gasteiger partial charge in [0, 0.05) is 32.4 Å². The number of hydrogen-bond acceptors (Lipinski definition) is 4. The molecule has 1 rings (SSSR count). The summed E-state index contributed by atoms with van der Waals surface area (Å²) in [7, 11) is 1.73. The number of aromatic nitrogens is 1. The van der Waals surface area contributed by atoms with Crippen LogP contribution < -0.4 is 10.2 Å². The van der Waals surface area contributed by atoms with E-state index in [1.807, 2.05) is 0 Å². The zero-order valence-corrected chi connectivity index (χ0v) is 12.7. The van der Waals surface area contributed by atoms with Crippen LogP contribution in [0, 0.1) is 6.92 Å². The molecule has 0 aliphatic rings. The van der Waals surface area contributed by atoms with Gasteiger partial charge in [0.2, 0.25) is 0 Å². The van der Waals surface area contributed by atoms with Gasteiger partial charge >= 0.3 is 0 Å². The molecule has 0 fully saturated rings. The summed E-state index contributed by atoms with van der Waals surface area (Å²) < 4.78 is 5.15. The number of methoxy groups -OCH3 is 1. The zero-order valence-electron chi connectivity index (χ0n) is 12.7. The molecule has 108 valence electrons. The van der Waals surface area contributed by atoms with E-state index in [1.54, 1.807) is 7.11 Å². The Balaban J connectivity index is 2.75. The molecule has 1 aromatic heterocycles. The quantitative estimate of drug-likeness (QED) is 0.696. The van der Waals surface area contributed by atoms with Crippen molar-refractivity contribution >= 4 is 5.82 Å². The van der Waals surface area contributed by atoms with E-state index in [0.717, 1.165) is 50.7 Å². The van der Waals surface area contributed by atoms with Crippen molar-refractivity contribution in [2.24, 2.45) is 0 Å². The summed E-state index contributed by atoms with van der Waals surface area (Å²) in [5.74, 6) is 1.05. The lowest BCUT2D eigenvalue weighted by atomic mass is 10.2. The van der Waals surface area contributed by atoms with E-state index in [9.17, 15) is 0 Å². The number of aryl methyl sites for hydroxylation is 1. The van der Waals surface area contributed by atoms with Gasteiger partial charge in [-0.2, -0.15) is 0 Å². The third-order valence-electron chi connectivity index (χ3n) is 3.03. The topological polar surface area (TPSA) is 37.4 Å². The van der Waals surface area contributed by atoms with Crippen LogP contribution in [-0.4, -0.2) is 38.3 Å². The first-order valence-electron chi connectivity index (χ1n) is 7.13. The Morgan fingerprint density at radius 3 is 2.74 bits per heavy atom. The first-order chi connectivity index (χ1) is 9.21. The first-order valence-corrected chi connectivity index (χ1v) is 7.13. The smallest absolute Gasteiger partial charge is 0.129 e. The maximum absolute atomic E-state index is 5.15. The average molecular weight is 265 g/mol. The van der Waals surface area contributed by atoms with Gasteiger partial charge in [-0.3, -0.25) is 0 Å². The van der Waals surface area contributed by atoms with E-state index in [4.69, 9.17) is 4.74 Å². The molecule has 0 unspecified atom stereocenters. The second kappa shape index (κ2) is 8.88. The number of anilines is 1. The van der Waals surface area contributed by atoms with Crippen molar-refractivity contribution in [1.82, 2.24) is 10.3 Å². The summed E-state index contributed by atoms with van der Waals surface area (Å²) in [5.41, 5.74) is 2.37. The van der Waals surface area contributed by atoms with Crippen molar-refractivity contribution in [3.8, 4) is 0 Å². The van der Waals surface area contributed by atoms with Gasteiger partial charge in [-0.25, -0.2) is 4.98 Å². The minimum atomic E-state index is 0.729. The molecule has 4 heteroatoms. The van der Waals surface area contributed by atoms with Gasteiger partial charge in [-0.1, -0.05) is 6.92 Å². The fourth-order valence-corrected chi connectivity index (χ4v) is 2.03. The Morgan fingerprint density at radius 2 is 2.11 bits per heavy atom. The second-order valence-electron chi connectivity index (χ2n) is 4.72. The van der Waals surface area contributed by atoms with E-state index >= 15 is 0 Å². The molecule has 0 bridgehead atoms. The zero-order chi connectivity index (χ0) is 14.1. The summed E-state index contributed by atoms with van der Waals surface area (Å²) in [6.45, 7) is 10.9. The molecule has 0 spiro atoms. The molecule has 0 atom stereocenters. The van der Waals surface area contributed by atoms with E-state index in [2.05, 4.69) is 48.1 Å². The first kappa shape index (κ1) is 15.9. The van der Waals surface area contributed by atoms with Gasteiger partial charge in [0.25, 0.3) is 0 Å². The molecule has 0 amide bonds. The fraction of sp³-hybridized carbons (Fsp3) is 0.667. The van der Waals surface area contributed by atoms with Crippen molar-refractivity contribution in [2.75, 3.05) is 38.3 Å². The molecule has 0 radical (unpaired) electrons. The summed E-state index contributed by atoms with van der Waals surface area (Å²) in [6.07, 6.45) is 1.16. The molecule has 1 N–H and O–H groups in total. The Hall–Kier alpha value is -1.13. The molecule has 0 saturated heterocycles. The number of pyridine rings is 1. The molecule has 1 heterocycles.